The summed E-state index contributed by atoms with van der Waals surface area (Å²) in [4.78, 5) is 45.1. The quantitative estimate of drug-likeness (QED) is 0.407. The van der Waals surface area contributed by atoms with Crippen LogP contribution in [0.5, 0.6) is 0 Å². The molecule has 0 saturated carbocycles. The SMILES string of the molecule is C=CN1CCCN(C(=O)[C@H](C[C@H](CC(C)C)C(=O)N[C@@H](C(C)=O)C2Cc3ccccc3C2)c2ccc(C)cc2)CC1. The van der Waals surface area contributed by atoms with Gasteiger partial charge in [0.2, 0.25) is 11.8 Å². The van der Waals surface area contributed by atoms with Gasteiger partial charge < -0.3 is 15.1 Å². The van der Waals surface area contributed by atoms with Crippen molar-refractivity contribution >= 4 is 17.6 Å². The first kappa shape index (κ1) is 30.5. The van der Waals surface area contributed by atoms with Gasteiger partial charge in [0.1, 0.15) is 0 Å². The lowest BCUT2D eigenvalue weighted by atomic mass is 9.82. The second kappa shape index (κ2) is 14.0. The average molecular weight is 558 g/mol. The Morgan fingerprint density at radius 2 is 1.61 bits per heavy atom. The van der Waals surface area contributed by atoms with Crippen LogP contribution in [0.2, 0.25) is 0 Å². The van der Waals surface area contributed by atoms with Crippen LogP contribution >= 0.6 is 0 Å². The second-order valence-electron chi connectivity index (χ2n) is 12.5. The summed E-state index contributed by atoms with van der Waals surface area (Å²) in [5, 5.41) is 3.18. The van der Waals surface area contributed by atoms with Crippen LogP contribution in [0.3, 0.4) is 0 Å². The molecule has 0 radical (unpaired) electrons. The van der Waals surface area contributed by atoms with E-state index in [0.29, 0.717) is 25.9 Å². The van der Waals surface area contributed by atoms with Crippen LogP contribution in [0.4, 0.5) is 0 Å². The Bertz CT molecular complexity index is 1200. The fraction of sp³-hybridized carbons (Fsp3) is 0.514. The third kappa shape index (κ3) is 7.87. The summed E-state index contributed by atoms with van der Waals surface area (Å²) >= 11 is 0. The molecule has 2 aliphatic rings. The van der Waals surface area contributed by atoms with Crippen LogP contribution in [-0.2, 0) is 27.2 Å². The van der Waals surface area contributed by atoms with Crippen LogP contribution in [0.1, 0.15) is 68.2 Å². The highest BCUT2D eigenvalue weighted by molar-refractivity contribution is 5.90. The maximum Gasteiger partial charge on any atom is 0.230 e. The van der Waals surface area contributed by atoms with Crippen molar-refractivity contribution in [2.45, 2.75) is 71.8 Å². The molecule has 4 rings (SSSR count). The molecule has 1 fully saturated rings. The van der Waals surface area contributed by atoms with E-state index >= 15 is 0 Å². The number of nitrogens with one attached hydrogen (secondary N) is 1. The van der Waals surface area contributed by atoms with Crippen LogP contribution in [0, 0.1) is 24.7 Å². The number of benzene rings is 2. The predicted molar refractivity (Wildman–Crippen MR) is 164 cm³/mol. The molecule has 3 atom stereocenters. The van der Waals surface area contributed by atoms with Gasteiger partial charge in [-0.1, -0.05) is 74.5 Å². The molecule has 0 bridgehead atoms. The molecule has 0 spiro atoms. The normalized spacial score (nSPS) is 17.9. The van der Waals surface area contributed by atoms with E-state index in [1.54, 1.807) is 6.92 Å². The fourth-order valence-corrected chi connectivity index (χ4v) is 6.55. The number of hydrogen-bond donors (Lipinski definition) is 1. The lowest BCUT2D eigenvalue weighted by Crippen LogP contribution is -2.48. The number of carbonyl (C=O) groups excluding carboxylic acids is 3. The zero-order valence-corrected chi connectivity index (χ0v) is 25.3. The minimum absolute atomic E-state index is 0.0121. The Balaban J connectivity index is 1.56. The summed E-state index contributed by atoms with van der Waals surface area (Å²) in [5.74, 6) is -0.538. The lowest BCUT2D eigenvalue weighted by molar-refractivity contribution is -0.135. The Kier molecular flexibility index (Phi) is 10.4. The largest absolute Gasteiger partial charge is 0.376 e. The molecule has 41 heavy (non-hydrogen) atoms. The van der Waals surface area contributed by atoms with Gasteiger partial charge in [0.05, 0.1) is 12.0 Å². The van der Waals surface area contributed by atoms with Gasteiger partial charge in [-0.3, -0.25) is 14.4 Å². The van der Waals surface area contributed by atoms with Crippen molar-refractivity contribution in [3.05, 3.63) is 83.6 Å². The second-order valence-corrected chi connectivity index (χ2v) is 12.5. The maximum atomic E-state index is 14.1. The highest BCUT2D eigenvalue weighted by Gasteiger charge is 2.36. The number of fused-ring (bicyclic) bond motifs is 1. The molecule has 6 nitrogen and oxygen atoms in total. The van der Waals surface area contributed by atoms with E-state index in [0.717, 1.165) is 43.5 Å². The van der Waals surface area contributed by atoms with E-state index in [2.05, 4.69) is 42.8 Å². The molecular weight excluding hydrogens is 510 g/mol. The average Bonchev–Trinajstić information content (AvgIpc) is 3.23. The summed E-state index contributed by atoms with van der Waals surface area (Å²) in [6, 6.07) is 15.9. The Morgan fingerprint density at radius 1 is 0.951 bits per heavy atom. The molecule has 1 aliphatic carbocycles. The Morgan fingerprint density at radius 3 is 2.20 bits per heavy atom. The van der Waals surface area contributed by atoms with E-state index in [-0.39, 0.29) is 35.4 Å². The number of nitrogens with zero attached hydrogens (tertiary/aromatic N) is 2. The monoisotopic (exact) mass is 557 g/mol. The number of Topliss-reactive ketones (excluding diaryl/α,β-unsaturated/α-hetero) is 1. The molecule has 1 N–H and O–H groups in total. The number of hydrogen-bond acceptors (Lipinski definition) is 4. The standard InChI is InChI=1S/C35H47N3O3/c1-6-37-16-9-17-38(19-18-37)35(41)32(27-14-12-25(4)13-15-27)23-31(20-24(2)3)34(40)36-33(26(5)39)30-21-28-10-7-8-11-29(28)22-30/h6-8,10-15,24,30-33H,1,9,16-23H2,2-5H3,(H,36,40)/t31-,32+,33-/m0/s1. The summed E-state index contributed by atoms with van der Waals surface area (Å²) in [7, 11) is 0. The first-order chi connectivity index (χ1) is 19.7. The molecular formula is C35H47N3O3. The van der Waals surface area contributed by atoms with Crippen LogP contribution in [-0.4, -0.2) is 59.6 Å². The van der Waals surface area contributed by atoms with Gasteiger partial charge in [-0.05, 0) is 80.7 Å². The molecule has 1 saturated heterocycles. The van der Waals surface area contributed by atoms with Crippen molar-refractivity contribution in [3.63, 3.8) is 0 Å². The smallest absolute Gasteiger partial charge is 0.230 e. The van der Waals surface area contributed by atoms with Gasteiger partial charge in [0.25, 0.3) is 0 Å². The Labute approximate surface area is 246 Å². The van der Waals surface area contributed by atoms with Crippen molar-refractivity contribution in [3.8, 4) is 0 Å². The van der Waals surface area contributed by atoms with Gasteiger partial charge in [-0.2, -0.15) is 0 Å². The highest BCUT2D eigenvalue weighted by Crippen LogP contribution is 2.32. The zero-order chi connectivity index (χ0) is 29.5. The first-order valence-electron chi connectivity index (χ1n) is 15.3. The maximum absolute atomic E-state index is 14.1. The van der Waals surface area contributed by atoms with Gasteiger partial charge in [0.15, 0.2) is 5.78 Å². The number of ketones is 1. The predicted octanol–water partition coefficient (Wildman–Crippen LogP) is 5.30. The summed E-state index contributed by atoms with van der Waals surface area (Å²) in [5.41, 5.74) is 4.60. The van der Waals surface area contributed by atoms with Gasteiger partial charge in [0, 0.05) is 32.1 Å². The summed E-state index contributed by atoms with van der Waals surface area (Å²) in [6.45, 7) is 14.7. The van der Waals surface area contributed by atoms with E-state index in [1.807, 2.05) is 54.4 Å². The lowest BCUT2D eigenvalue weighted by Gasteiger charge is -2.31. The third-order valence-corrected chi connectivity index (χ3v) is 8.81. The zero-order valence-electron chi connectivity index (χ0n) is 25.3. The minimum Gasteiger partial charge on any atom is -0.376 e. The van der Waals surface area contributed by atoms with Crippen molar-refractivity contribution in [2.75, 3.05) is 26.2 Å². The molecule has 2 aromatic rings. The van der Waals surface area contributed by atoms with Crippen molar-refractivity contribution in [1.82, 2.24) is 15.1 Å². The third-order valence-electron chi connectivity index (χ3n) is 8.81. The summed E-state index contributed by atoms with van der Waals surface area (Å²) < 4.78 is 0. The van der Waals surface area contributed by atoms with Crippen LogP contribution in [0.15, 0.2) is 61.3 Å². The van der Waals surface area contributed by atoms with E-state index in [4.69, 9.17) is 0 Å². The molecule has 0 unspecified atom stereocenters. The minimum atomic E-state index is -0.534. The molecule has 1 heterocycles. The van der Waals surface area contributed by atoms with Gasteiger partial charge in [-0.15, -0.1) is 0 Å². The van der Waals surface area contributed by atoms with Crippen molar-refractivity contribution in [1.29, 1.82) is 0 Å². The van der Waals surface area contributed by atoms with E-state index in [9.17, 15) is 14.4 Å². The van der Waals surface area contributed by atoms with Crippen LogP contribution < -0.4 is 5.32 Å². The molecule has 0 aromatic heterocycles. The number of rotatable bonds is 11. The highest BCUT2D eigenvalue weighted by atomic mass is 16.2. The van der Waals surface area contributed by atoms with Crippen LogP contribution in [0.25, 0.3) is 0 Å². The molecule has 6 heteroatoms. The van der Waals surface area contributed by atoms with E-state index < -0.39 is 12.0 Å². The number of aryl methyl sites for hydroxylation is 1. The van der Waals surface area contributed by atoms with Crippen molar-refractivity contribution in [2.24, 2.45) is 17.8 Å². The molecule has 220 valence electrons. The van der Waals surface area contributed by atoms with E-state index in [1.165, 1.54) is 11.1 Å². The van der Waals surface area contributed by atoms with Gasteiger partial charge in [-0.25, -0.2) is 0 Å². The number of amides is 2. The fourth-order valence-electron chi connectivity index (χ4n) is 6.55. The topological polar surface area (TPSA) is 69.7 Å². The van der Waals surface area contributed by atoms with Crippen molar-refractivity contribution < 1.29 is 14.4 Å². The molecule has 2 aromatic carbocycles. The first-order valence-corrected chi connectivity index (χ1v) is 15.3. The summed E-state index contributed by atoms with van der Waals surface area (Å²) in [6.07, 6.45) is 5.39. The van der Waals surface area contributed by atoms with Gasteiger partial charge >= 0.3 is 0 Å². The molecule has 2 amide bonds. The Hall–Kier alpha value is -3.41. The number of carbonyl (C=O) groups is 3. The molecule has 1 aliphatic heterocycles.